The molecule has 0 spiro atoms. The maximum Gasteiger partial charge on any atom is 0.310 e. The Balaban J connectivity index is 2.46. The predicted octanol–water partition coefficient (Wildman–Crippen LogP) is 1.25. The predicted molar refractivity (Wildman–Crippen MR) is 78.6 cm³/mol. The Morgan fingerprint density at radius 2 is 1.76 bits per heavy atom. The molecule has 2 amide bonds. The summed E-state index contributed by atoms with van der Waals surface area (Å²) in [5, 5.41) is 11.8. The highest BCUT2D eigenvalue weighted by Gasteiger charge is 2.38. The van der Waals surface area contributed by atoms with Crippen LogP contribution in [0, 0.1) is 11.3 Å². The van der Waals surface area contributed by atoms with Crippen molar-refractivity contribution in [2.45, 2.75) is 46.5 Å². The molecule has 0 aromatic rings. The summed E-state index contributed by atoms with van der Waals surface area (Å²) in [6.07, 6.45) is 3.03. The number of carboxylic acid groups (broad SMARTS) is 1. The number of piperidine rings is 1. The molecule has 1 aliphatic rings. The van der Waals surface area contributed by atoms with Gasteiger partial charge in [0.1, 0.15) is 0 Å². The van der Waals surface area contributed by atoms with E-state index in [-0.39, 0.29) is 30.7 Å². The lowest BCUT2D eigenvalue weighted by atomic mass is 9.76. The average Bonchev–Trinajstić information content (AvgIpc) is 2.45. The summed E-state index contributed by atoms with van der Waals surface area (Å²) in [5.74, 6) is -1.64. The first kappa shape index (κ1) is 17.5. The van der Waals surface area contributed by atoms with Crippen molar-refractivity contribution < 1.29 is 19.5 Å². The Morgan fingerprint density at radius 1 is 1.19 bits per heavy atom. The number of rotatable bonds is 6. The molecule has 1 aliphatic heterocycles. The monoisotopic (exact) mass is 298 g/mol. The van der Waals surface area contributed by atoms with Gasteiger partial charge in [0, 0.05) is 19.5 Å². The standard InChI is InChI=1S/C15H26N2O4/c1-11(2)15(3,14(20)21)9-12(18)16-10-13(19)17-7-5-4-6-8-17/h11H,4-10H2,1-3H3,(H,16,18)(H,20,21). The number of amides is 2. The maximum absolute atomic E-state index is 11.9. The molecule has 1 rings (SSSR count). The van der Waals surface area contributed by atoms with E-state index >= 15 is 0 Å². The number of hydrogen-bond acceptors (Lipinski definition) is 3. The van der Waals surface area contributed by atoms with Crippen LogP contribution < -0.4 is 5.32 Å². The molecule has 1 atom stereocenters. The fraction of sp³-hybridized carbons (Fsp3) is 0.800. The van der Waals surface area contributed by atoms with Gasteiger partial charge in [-0.3, -0.25) is 14.4 Å². The van der Waals surface area contributed by atoms with Gasteiger partial charge >= 0.3 is 5.97 Å². The molecule has 120 valence electrons. The van der Waals surface area contributed by atoms with Crippen molar-refractivity contribution in [3.8, 4) is 0 Å². The van der Waals surface area contributed by atoms with E-state index in [2.05, 4.69) is 5.32 Å². The highest BCUT2D eigenvalue weighted by Crippen LogP contribution is 2.31. The first-order valence-corrected chi connectivity index (χ1v) is 7.55. The molecule has 0 saturated carbocycles. The summed E-state index contributed by atoms with van der Waals surface area (Å²) >= 11 is 0. The minimum atomic E-state index is -1.11. The van der Waals surface area contributed by atoms with E-state index in [1.54, 1.807) is 25.7 Å². The summed E-state index contributed by atoms with van der Waals surface area (Å²) < 4.78 is 0. The Bertz CT molecular complexity index is 402. The fourth-order valence-corrected chi connectivity index (χ4v) is 2.35. The normalized spacial score (nSPS) is 18.2. The van der Waals surface area contributed by atoms with Crippen molar-refractivity contribution in [2.24, 2.45) is 11.3 Å². The summed E-state index contributed by atoms with van der Waals surface area (Å²) in [4.78, 5) is 36.9. The van der Waals surface area contributed by atoms with Gasteiger partial charge in [-0.25, -0.2) is 0 Å². The van der Waals surface area contributed by atoms with Crippen LogP contribution in [0.1, 0.15) is 46.5 Å². The summed E-state index contributed by atoms with van der Waals surface area (Å²) in [6.45, 7) is 6.56. The number of carboxylic acids is 1. The van der Waals surface area contributed by atoms with Crippen LogP contribution in [0.4, 0.5) is 0 Å². The lowest BCUT2D eigenvalue weighted by Gasteiger charge is -2.29. The van der Waals surface area contributed by atoms with Gasteiger partial charge in [-0.2, -0.15) is 0 Å². The molecule has 1 saturated heterocycles. The largest absolute Gasteiger partial charge is 0.481 e. The maximum atomic E-state index is 11.9. The number of nitrogens with zero attached hydrogens (tertiary/aromatic N) is 1. The Hall–Kier alpha value is -1.59. The smallest absolute Gasteiger partial charge is 0.310 e. The average molecular weight is 298 g/mol. The van der Waals surface area contributed by atoms with Gasteiger partial charge in [-0.15, -0.1) is 0 Å². The van der Waals surface area contributed by atoms with Crippen LogP contribution >= 0.6 is 0 Å². The minimum absolute atomic E-state index is 0.0490. The van der Waals surface area contributed by atoms with Crippen LogP contribution in [-0.4, -0.2) is 47.4 Å². The van der Waals surface area contributed by atoms with Crippen molar-refractivity contribution in [3.63, 3.8) is 0 Å². The summed E-state index contributed by atoms with van der Waals surface area (Å²) in [7, 11) is 0. The number of hydrogen-bond donors (Lipinski definition) is 2. The van der Waals surface area contributed by atoms with E-state index in [1.807, 2.05) is 0 Å². The van der Waals surface area contributed by atoms with Crippen LogP contribution in [0.3, 0.4) is 0 Å². The SMILES string of the molecule is CC(C)C(C)(CC(=O)NCC(=O)N1CCCCC1)C(=O)O. The van der Waals surface area contributed by atoms with E-state index in [0.29, 0.717) is 0 Å². The molecular formula is C15H26N2O4. The minimum Gasteiger partial charge on any atom is -0.481 e. The molecular weight excluding hydrogens is 272 g/mol. The third kappa shape index (κ3) is 4.72. The molecule has 21 heavy (non-hydrogen) atoms. The summed E-state index contributed by atoms with van der Waals surface area (Å²) in [5.41, 5.74) is -1.11. The van der Waals surface area contributed by atoms with Crippen molar-refractivity contribution >= 4 is 17.8 Å². The van der Waals surface area contributed by atoms with Gasteiger partial charge in [0.05, 0.1) is 12.0 Å². The highest BCUT2D eigenvalue weighted by molar-refractivity contribution is 5.88. The second-order valence-electron chi connectivity index (χ2n) is 6.27. The molecule has 0 bridgehead atoms. The van der Waals surface area contributed by atoms with Crippen LogP contribution in [0.15, 0.2) is 0 Å². The number of aliphatic carboxylic acids is 1. The van der Waals surface area contributed by atoms with Crippen molar-refractivity contribution in [1.82, 2.24) is 10.2 Å². The third-order valence-corrected chi connectivity index (χ3v) is 4.44. The quantitative estimate of drug-likeness (QED) is 0.772. The van der Waals surface area contributed by atoms with Gasteiger partial charge in [-0.1, -0.05) is 13.8 Å². The zero-order valence-corrected chi connectivity index (χ0v) is 13.1. The Kier molecular flexibility index (Phi) is 6.18. The Labute approximate surface area is 125 Å². The van der Waals surface area contributed by atoms with Crippen molar-refractivity contribution in [2.75, 3.05) is 19.6 Å². The number of carbonyl (C=O) groups is 3. The molecule has 0 aliphatic carbocycles. The van der Waals surface area contributed by atoms with E-state index in [9.17, 15) is 19.5 Å². The number of carbonyl (C=O) groups excluding carboxylic acids is 2. The Morgan fingerprint density at radius 3 is 2.24 bits per heavy atom. The fourth-order valence-electron chi connectivity index (χ4n) is 2.35. The second kappa shape index (κ2) is 7.43. The van der Waals surface area contributed by atoms with Crippen LogP contribution in [0.5, 0.6) is 0 Å². The number of likely N-dealkylation sites (tertiary alicyclic amines) is 1. The molecule has 0 aromatic carbocycles. The van der Waals surface area contributed by atoms with E-state index in [0.717, 1.165) is 32.4 Å². The molecule has 6 nitrogen and oxygen atoms in total. The zero-order valence-electron chi connectivity index (χ0n) is 13.1. The summed E-state index contributed by atoms with van der Waals surface area (Å²) in [6, 6.07) is 0. The highest BCUT2D eigenvalue weighted by atomic mass is 16.4. The molecule has 6 heteroatoms. The lowest BCUT2D eigenvalue weighted by Crippen LogP contribution is -2.44. The first-order valence-electron chi connectivity index (χ1n) is 7.55. The molecule has 1 fully saturated rings. The number of nitrogens with one attached hydrogen (secondary N) is 1. The van der Waals surface area contributed by atoms with Crippen LogP contribution in [0.2, 0.25) is 0 Å². The molecule has 0 radical (unpaired) electrons. The topological polar surface area (TPSA) is 86.7 Å². The van der Waals surface area contributed by atoms with Gasteiger partial charge < -0.3 is 15.3 Å². The van der Waals surface area contributed by atoms with Crippen molar-refractivity contribution in [1.29, 1.82) is 0 Å². The third-order valence-electron chi connectivity index (χ3n) is 4.44. The van der Waals surface area contributed by atoms with Gasteiger partial charge in [0.2, 0.25) is 11.8 Å². The molecule has 1 unspecified atom stereocenters. The van der Waals surface area contributed by atoms with Crippen LogP contribution in [0.25, 0.3) is 0 Å². The molecule has 1 heterocycles. The molecule has 0 aromatic heterocycles. The zero-order chi connectivity index (χ0) is 16.0. The first-order chi connectivity index (χ1) is 9.77. The van der Waals surface area contributed by atoms with Crippen molar-refractivity contribution in [3.05, 3.63) is 0 Å². The van der Waals surface area contributed by atoms with Gasteiger partial charge in [0.25, 0.3) is 0 Å². The van der Waals surface area contributed by atoms with Crippen LogP contribution in [-0.2, 0) is 14.4 Å². The van der Waals surface area contributed by atoms with E-state index < -0.39 is 11.4 Å². The second-order valence-corrected chi connectivity index (χ2v) is 6.27. The van der Waals surface area contributed by atoms with Gasteiger partial charge in [0.15, 0.2) is 0 Å². The van der Waals surface area contributed by atoms with E-state index in [1.165, 1.54) is 0 Å². The lowest BCUT2D eigenvalue weighted by molar-refractivity contribution is -0.153. The van der Waals surface area contributed by atoms with Gasteiger partial charge in [-0.05, 0) is 32.1 Å². The molecule has 2 N–H and O–H groups in total. The van der Waals surface area contributed by atoms with E-state index in [4.69, 9.17) is 0 Å².